The molecule has 0 saturated carbocycles. The van der Waals surface area contributed by atoms with Crippen molar-refractivity contribution < 1.29 is 31.1 Å². The first-order chi connectivity index (χ1) is 11.7. The van der Waals surface area contributed by atoms with E-state index in [4.69, 9.17) is 0 Å². The molecule has 0 spiro atoms. The van der Waals surface area contributed by atoms with Crippen molar-refractivity contribution in [3.63, 3.8) is 0 Å². The first kappa shape index (κ1) is 19.5. The fourth-order valence-electron chi connectivity index (χ4n) is 2.84. The number of ether oxygens (including phenoxy) is 1. The van der Waals surface area contributed by atoms with Crippen LogP contribution >= 0.6 is 0 Å². The molecule has 2 rings (SSSR count). The number of amides is 1. The van der Waals surface area contributed by atoms with Crippen LogP contribution in [0, 0.1) is 5.82 Å². The third-order valence-electron chi connectivity index (χ3n) is 4.25. The second-order valence-corrected chi connectivity index (χ2v) is 8.12. The van der Waals surface area contributed by atoms with Gasteiger partial charge in [-0.2, -0.15) is 8.78 Å². The topological polar surface area (TPSA) is 84.5 Å². The van der Waals surface area contributed by atoms with Gasteiger partial charge in [0.2, 0.25) is 5.91 Å². The van der Waals surface area contributed by atoms with E-state index in [1.165, 1.54) is 6.07 Å². The van der Waals surface area contributed by atoms with Crippen LogP contribution in [0.15, 0.2) is 18.2 Å². The zero-order valence-corrected chi connectivity index (χ0v) is 14.3. The lowest BCUT2D eigenvalue weighted by atomic mass is 9.95. The molecule has 25 heavy (non-hydrogen) atoms. The van der Waals surface area contributed by atoms with Crippen molar-refractivity contribution in [2.24, 2.45) is 0 Å². The summed E-state index contributed by atoms with van der Waals surface area (Å²) in [5.41, 5.74) is -0.270. The maximum atomic E-state index is 13.9. The highest BCUT2D eigenvalue weighted by Gasteiger charge is 2.48. The average Bonchev–Trinajstić information content (AvgIpc) is 2.53. The Labute approximate surface area is 143 Å². The molecule has 1 aliphatic rings. The van der Waals surface area contributed by atoms with E-state index in [2.05, 4.69) is 15.4 Å². The van der Waals surface area contributed by atoms with Crippen molar-refractivity contribution >= 4 is 15.7 Å². The first-order valence-corrected chi connectivity index (χ1v) is 9.47. The summed E-state index contributed by atoms with van der Waals surface area (Å²) in [6, 6.07) is 3.38. The summed E-state index contributed by atoms with van der Waals surface area (Å²) in [7, 11) is -3.73. The normalized spacial score (nSPS) is 17.3. The second-order valence-electron chi connectivity index (χ2n) is 5.79. The third kappa shape index (κ3) is 4.24. The number of carbonyl (C=O) groups is 1. The van der Waals surface area contributed by atoms with E-state index < -0.39 is 45.2 Å². The van der Waals surface area contributed by atoms with Crippen LogP contribution in [0.1, 0.15) is 18.4 Å². The van der Waals surface area contributed by atoms with Crippen LogP contribution < -0.4 is 15.4 Å². The lowest BCUT2D eigenvalue weighted by molar-refractivity contribution is -0.124. The molecule has 1 aromatic carbocycles. The summed E-state index contributed by atoms with van der Waals surface area (Å²) in [6.07, 6.45) is 1.14. The number of rotatable bonds is 6. The lowest BCUT2D eigenvalue weighted by Gasteiger charge is -2.34. The van der Waals surface area contributed by atoms with Crippen LogP contribution in [0.2, 0.25) is 0 Å². The van der Waals surface area contributed by atoms with Gasteiger partial charge in [0.25, 0.3) is 0 Å². The average molecular weight is 380 g/mol. The van der Waals surface area contributed by atoms with Crippen LogP contribution in [-0.4, -0.2) is 45.0 Å². The van der Waals surface area contributed by atoms with Gasteiger partial charge in [0, 0.05) is 18.4 Å². The van der Waals surface area contributed by atoms with Gasteiger partial charge in [-0.25, -0.2) is 12.8 Å². The molecule has 1 aliphatic heterocycles. The fraction of sp³-hybridized carbons (Fsp3) is 0.533. The quantitative estimate of drug-likeness (QED) is 0.775. The zero-order valence-electron chi connectivity index (χ0n) is 13.5. The molecule has 1 saturated heterocycles. The summed E-state index contributed by atoms with van der Waals surface area (Å²) >= 11 is 0. The second kappa shape index (κ2) is 7.61. The molecule has 1 amide bonds. The van der Waals surface area contributed by atoms with Crippen molar-refractivity contribution in [3.05, 3.63) is 29.6 Å². The van der Waals surface area contributed by atoms with Gasteiger partial charge in [-0.1, -0.05) is 6.07 Å². The van der Waals surface area contributed by atoms with Gasteiger partial charge >= 0.3 is 6.61 Å². The molecule has 2 N–H and O–H groups in total. The molecule has 1 aromatic rings. The molecule has 0 unspecified atom stereocenters. The first-order valence-electron chi connectivity index (χ1n) is 7.58. The number of piperidine rings is 1. The Balaban J connectivity index is 2.22. The number of hydrogen-bond acceptors (Lipinski definition) is 5. The Kier molecular flexibility index (Phi) is 5.94. The van der Waals surface area contributed by atoms with Crippen molar-refractivity contribution in [1.82, 2.24) is 10.6 Å². The molecule has 0 bridgehead atoms. The Hall–Kier alpha value is -1.81. The minimum Gasteiger partial charge on any atom is -0.434 e. The number of hydrogen-bond donors (Lipinski definition) is 2. The molecule has 10 heteroatoms. The minimum atomic E-state index is -3.73. The number of benzene rings is 1. The maximum absolute atomic E-state index is 13.9. The summed E-state index contributed by atoms with van der Waals surface area (Å²) < 4.78 is 65.7. The molecular formula is C15H19F3N2O4S. The number of halogens is 3. The monoisotopic (exact) mass is 380 g/mol. The van der Waals surface area contributed by atoms with E-state index in [-0.39, 0.29) is 18.4 Å². The molecule has 140 valence electrons. The van der Waals surface area contributed by atoms with Crippen molar-refractivity contribution in [3.8, 4) is 5.75 Å². The molecule has 0 aliphatic carbocycles. The molecule has 1 fully saturated rings. The van der Waals surface area contributed by atoms with Crippen molar-refractivity contribution in [1.29, 1.82) is 0 Å². The van der Waals surface area contributed by atoms with Gasteiger partial charge in [-0.3, -0.25) is 4.79 Å². The Bertz CT molecular complexity index is 734. The summed E-state index contributed by atoms with van der Waals surface area (Å²) in [5, 5.41) is 5.33. The summed E-state index contributed by atoms with van der Waals surface area (Å²) in [5.74, 6) is -2.02. The summed E-state index contributed by atoms with van der Waals surface area (Å²) in [4.78, 5) is 12.6. The van der Waals surface area contributed by atoms with E-state index >= 15 is 0 Å². The largest absolute Gasteiger partial charge is 0.434 e. The Morgan fingerprint density at radius 1 is 1.36 bits per heavy atom. The predicted molar refractivity (Wildman–Crippen MR) is 84.6 cm³/mol. The Morgan fingerprint density at radius 2 is 2.00 bits per heavy atom. The highest BCUT2D eigenvalue weighted by Crippen LogP contribution is 2.29. The highest BCUT2D eigenvalue weighted by atomic mass is 32.2. The summed E-state index contributed by atoms with van der Waals surface area (Å²) in [6.45, 7) is -2.92. The SMILES string of the molecule is CS(=O)(=O)C1(C(=O)NCc2c(F)cccc2OC(F)F)CCNCC1. The van der Waals surface area contributed by atoms with Gasteiger partial charge < -0.3 is 15.4 Å². The van der Waals surface area contributed by atoms with Gasteiger partial charge in [-0.05, 0) is 38.1 Å². The zero-order chi connectivity index (χ0) is 18.7. The number of sulfone groups is 1. The smallest absolute Gasteiger partial charge is 0.387 e. The van der Waals surface area contributed by atoms with Crippen LogP contribution in [0.4, 0.5) is 13.2 Å². The molecule has 0 aromatic heterocycles. The molecule has 0 radical (unpaired) electrons. The van der Waals surface area contributed by atoms with E-state index in [0.29, 0.717) is 13.1 Å². The van der Waals surface area contributed by atoms with E-state index in [1.807, 2.05) is 0 Å². The predicted octanol–water partition coefficient (Wildman–Crippen LogP) is 1.21. The number of alkyl halides is 2. The maximum Gasteiger partial charge on any atom is 0.387 e. The fourth-order valence-corrected chi connectivity index (χ4v) is 4.20. The van der Waals surface area contributed by atoms with Gasteiger partial charge in [0.1, 0.15) is 11.6 Å². The standard InChI is InChI=1S/C15H19F3N2O4S/c1-25(22,23)15(5-7-19-8-6-15)13(21)20-9-10-11(16)3-2-4-12(10)24-14(17)18/h2-4,14,19H,5-9H2,1H3,(H,20,21). The highest BCUT2D eigenvalue weighted by molar-refractivity contribution is 7.92. The van der Waals surface area contributed by atoms with Crippen LogP contribution in [0.3, 0.4) is 0 Å². The van der Waals surface area contributed by atoms with Crippen molar-refractivity contribution in [2.45, 2.75) is 30.7 Å². The number of nitrogens with one attached hydrogen (secondary N) is 2. The van der Waals surface area contributed by atoms with Crippen LogP contribution in [-0.2, 0) is 21.2 Å². The van der Waals surface area contributed by atoms with E-state index in [0.717, 1.165) is 18.4 Å². The van der Waals surface area contributed by atoms with Gasteiger partial charge in [0.05, 0.1) is 0 Å². The molecule has 6 nitrogen and oxygen atoms in total. The van der Waals surface area contributed by atoms with Crippen molar-refractivity contribution in [2.75, 3.05) is 19.3 Å². The third-order valence-corrected chi connectivity index (χ3v) is 6.27. The molecule has 0 atom stereocenters. The van der Waals surface area contributed by atoms with Gasteiger partial charge in [0.15, 0.2) is 14.6 Å². The van der Waals surface area contributed by atoms with Crippen LogP contribution in [0.25, 0.3) is 0 Å². The van der Waals surface area contributed by atoms with Crippen LogP contribution in [0.5, 0.6) is 5.75 Å². The molecule has 1 heterocycles. The minimum absolute atomic E-state index is 0.0787. The lowest BCUT2D eigenvalue weighted by Crippen LogP contribution is -2.57. The molecular weight excluding hydrogens is 361 g/mol. The van der Waals surface area contributed by atoms with E-state index in [1.54, 1.807) is 0 Å². The van der Waals surface area contributed by atoms with E-state index in [9.17, 15) is 26.4 Å². The Morgan fingerprint density at radius 3 is 2.56 bits per heavy atom. The van der Waals surface area contributed by atoms with Gasteiger partial charge in [-0.15, -0.1) is 0 Å². The number of carbonyl (C=O) groups excluding carboxylic acids is 1.